The van der Waals surface area contributed by atoms with Crippen LogP contribution in [0.25, 0.3) is 0 Å². The van der Waals surface area contributed by atoms with E-state index in [-0.39, 0.29) is 4.70 Å². The van der Waals surface area contributed by atoms with Gasteiger partial charge in [-0.3, -0.25) is 4.70 Å². The predicted octanol–water partition coefficient (Wildman–Crippen LogP) is 3.78. The van der Waals surface area contributed by atoms with Gasteiger partial charge in [0.2, 0.25) is 0 Å². The van der Waals surface area contributed by atoms with E-state index in [0.717, 1.165) is 0 Å². The summed E-state index contributed by atoms with van der Waals surface area (Å²) in [6.07, 6.45) is -2.48. The largest absolute Gasteiger partial charge is 0.317 e. The Labute approximate surface area is 65.3 Å². The second kappa shape index (κ2) is 11.6. The van der Waals surface area contributed by atoms with Crippen molar-refractivity contribution in [3.8, 4) is 0 Å². The molecule has 0 nitrogen and oxygen atoms in total. The predicted molar refractivity (Wildman–Crippen MR) is 34.8 cm³/mol. The fraction of sp³-hybridized carbons (Fsp3) is 0. The zero-order chi connectivity index (χ0) is 7.86. The molecule has 0 bridgehead atoms. The highest BCUT2D eigenvalue weighted by atomic mass is 35.5. The van der Waals surface area contributed by atoms with Gasteiger partial charge in [0, 0.05) is 0 Å². The molecule has 0 N–H and O–H groups in total. The van der Waals surface area contributed by atoms with Crippen molar-refractivity contribution in [3.63, 3.8) is 0 Å². The lowest BCUT2D eigenvalue weighted by Gasteiger charge is -1.70. The van der Waals surface area contributed by atoms with Crippen LogP contribution < -0.4 is 0 Å². The third kappa shape index (κ3) is 25.0. The number of hydrogen-bond donors (Lipinski definition) is 0. The van der Waals surface area contributed by atoms with Crippen molar-refractivity contribution in [1.82, 2.24) is 0 Å². The molecular weight excluding hydrogens is 195 g/mol. The second-order valence-corrected chi connectivity index (χ2v) is 1.32. The maximum absolute atomic E-state index is 10.7. The summed E-state index contributed by atoms with van der Waals surface area (Å²) in [5.74, 6) is 0. The first-order chi connectivity index (χ1) is 4.06. The molecule has 0 amide bonds. The van der Waals surface area contributed by atoms with E-state index in [9.17, 15) is 13.2 Å². The van der Waals surface area contributed by atoms with E-state index in [2.05, 4.69) is 18.2 Å². The number of rotatable bonds is 0. The average molecular weight is 199 g/mol. The molecule has 0 aromatic rings. The molecule has 0 aromatic heterocycles. The van der Waals surface area contributed by atoms with Crippen molar-refractivity contribution in [1.29, 1.82) is 0 Å². The lowest BCUT2D eigenvalue weighted by Crippen LogP contribution is -1.54. The molecule has 0 heterocycles. The van der Waals surface area contributed by atoms with Gasteiger partial charge in [-0.2, -0.15) is 13.2 Å². The van der Waals surface area contributed by atoms with Gasteiger partial charge >= 0.3 is 6.08 Å². The summed E-state index contributed by atoms with van der Waals surface area (Å²) in [7, 11) is 0. The average Bonchev–Trinajstić information content (AvgIpc) is 1.68. The molecule has 0 saturated heterocycles. The molecule has 0 atom stereocenters. The van der Waals surface area contributed by atoms with E-state index in [4.69, 9.17) is 11.6 Å². The number of hydrogen-bond acceptors (Lipinski definition) is 0. The summed E-state index contributed by atoms with van der Waals surface area (Å²) >= 11 is 8.84. The van der Waals surface area contributed by atoms with Crippen molar-refractivity contribution in [2.75, 3.05) is 0 Å². The topological polar surface area (TPSA) is 0 Å². The highest BCUT2D eigenvalue weighted by molar-refractivity contribution is 6.28. The summed E-state index contributed by atoms with van der Waals surface area (Å²) < 4.78 is 31.8. The van der Waals surface area contributed by atoms with Crippen molar-refractivity contribution < 1.29 is 17.9 Å². The molecule has 0 spiro atoms. The van der Waals surface area contributed by atoms with Crippen molar-refractivity contribution >= 4 is 23.2 Å². The molecule has 0 saturated carbocycles. The monoisotopic (exact) mass is 198 g/mol. The van der Waals surface area contributed by atoms with E-state index in [1.54, 1.807) is 0 Å². The normalized spacial score (nSPS) is 6.10. The Balaban J connectivity index is -0.000000107. The molecule has 0 rings (SSSR count). The summed E-state index contributed by atoms with van der Waals surface area (Å²) in [6, 6.07) is 0. The molecule has 6 heteroatoms. The van der Waals surface area contributed by atoms with Crippen LogP contribution in [0.3, 0.4) is 0 Å². The quantitative estimate of drug-likeness (QED) is 0.520. The van der Waals surface area contributed by atoms with Crippen molar-refractivity contribution in [3.05, 3.63) is 23.5 Å². The van der Waals surface area contributed by atoms with Crippen molar-refractivity contribution in [2.24, 2.45) is 0 Å². The summed E-state index contributed by atoms with van der Waals surface area (Å²) in [5.41, 5.74) is 1.22. The van der Waals surface area contributed by atoms with Gasteiger partial charge in [-0.05, 0) is 17.1 Å². The van der Waals surface area contributed by atoms with Crippen molar-refractivity contribution in [2.45, 2.75) is 0 Å². The van der Waals surface area contributed by atoms with E-state index in [1.807, 2.05) is 0 Å². The van der Waals surface area contributed by atoms with Crippen LogP contribution in [-0.4, -0.2) is 0 Å². The first-order valence-corrected chi connectivity index (χ1v) is 2.45. The lowest BCUT2D eigenvalue weighted by atomic mass is 11.1. The van der Waals surface area contributed by atoms with Gasteiger partial charge in [0.1, 0.15) is 0 Å². The second-order valence-electron chi connectivity index (χ2n) is 0.675. The van der Waals surface area contributed by atoms with Crippen LogP contribution in [0.1, 0.15) is 0 Å². The molecule has 0 aliphatic rings. The van der Waals surface area contributed by atoms with Crippen LogP contribution in [0.2, 0.25) is 0 Å². The van der Waals surface area contributed by atoms with Gasteiger partial charge < -0.3 is 0 Å². The van der Waals surface area contributed by atoms with Gasteiger partial charge in [-0.25, -0.2) is 0 Å². The molecular formula is C4H4Cl2F4. The Morgan fingerprint density at radius 2 is 1.40 bits per heavy atom. The standard InChI is InChI=1S/C2ClF3.C2H3Cl.FH/c3-1(4)2(5)6;1-2-3;/h;2H,1H2;1H. The minimum Gasteiger partial charge on any atom is -0.269 e. The smallest absolute Gasteiger partial charge is 0.269 e. The Kier molecular flexibility index (Phi) is 19.0. The molecule has 10 heavy (non-hydrogen) atoms. The fourth-order valence-corrected chi connectivity index (χ4v) is 0. The van der Waals surface area contributed by atoms with E-state index in [1.165, 1.54) is 5.54 Å². The SMILES string of the molecule is C=CCl.F.FC(F)=C(F)Cl. The Hall–Kier alpha value is -0.220. The summed E-state index contributed by atoms with van der Waals surface area (Å²) in [5, 5.41) is -1.94. The molecule has 0 aliphatic carbocycles. The highest BCUT2D eigenvalue weighted by Gasteiger charge is 1.95. The third-order valence-corrected chi connectivity index (χ3v) is 0.286. The summed E-state index contributed by atoms with van der Waals surface area (Å²) in [4.78, 5) is 0. The molecule has 0 fully saturated rings. The molecule has 0 aromatic carbocycles. The van der Waals surface area contributed by atoms with Gasteiger partial charge in [-0.1, -0.05) is 18.2 Å². The maximum Gasteiger partial charge on any atom is 0.317 e. The van der Waals surface area contributed by atoms with Crippen LogP contribution in [0.5, 0.6) is 0 Å². The Morgan fingerprint density at radius 3 is 1.40 bits per heavy atom. The van der Waals surface area contributed by atoms with E-state index in [0.29, 0.717) is 0 Å². The minimum absolute atomic E-state index is 0. The Morgan fingerprint density at radius 1 is 1.30 bits per heavy atom. The molecule has 0 radical (unpaired) electrons. The fourth-order valence-electron chi connectivity index (χ4n) is 0. The number of halogens is 6. The Bertz CT molecular complexity index is 93.8. The van der Waals surface area contributed by atoms with E-state index < -0.39 is 11.4 Å². The molecule has 0 aliphatic heterocycles. The van der Waals surface area contributed by atoms with Crippen LogP contribution in [0, 0.1) is 0 Å². The van der Waals surface area contributed by atoms with Crippen LogP contribution in [0.4, 0.5) is 17.9 Å². The van der Waals surface area contributed by atoms with Gasteiger partial charge in [-0.15, -0.1) is 0 Å². The summed E-state index contributed by atoms with van der Waals surface area (Å²) in [6.45, 7) is 3.13. The van der Waals surface area contributed by atoms with Crippen LogP contribution >= 0.6 is 23.2 Å². The van der Waals surface area contributed by atoms with Crippen LogP contribution in [-0.2, 0) is 0 Å². The first kappa shape index (κ1) is 16.4. The van der Waals surface area contributed by atoms with Gasteiger partial charge in [0.25, 0.3) is 5.29 Å². The molecule has 0 unspecified atom stereocenters. The third-order valence-electron chi connectivity index (χ3n) is 0.143. The highest BCUT2D eigenvalue weighted by Crippen LogP contribution is 2.11. The van der Waals surface area contributed by atoms with Gasteiger partial charge in [0.05, 0.1) is 0 Å². The van der Waals surface area contributed by atoms with Crippen LogP contribution in [0.15, 0.2) is 23.5 Å². The van der Waals surface area contributed by atoms with Gasteiger partial charge in [0.15, 0.2) is 0 Å². The maximum atomic E-state index is 10.7. The zero-order valence-corrected chi connectivity index (χ0v) is 6.09. The molecule has 62 valence electrons. The lowest BCUT2D eigenvalue weighted by molar-refractivity contribution is 0.393. The zero-order valence-electron chi connectivity index (χ0n) is 4.58. The first-order valence-electron chi connectivity index (χ1n) is 1.63. The van der Waals surface area contributed by atoms with E-state index >= 15 is 0 Å². The minimum atomic E-state index is -2.48.